The van der Waals surface area contributed by atoms with Crippen LogP contribution in [0.4, 0.5) is 0 Å². The van der Waals surface area contributed by atoms with Crippen LogP contribution >= 0.6 is 11.6 Å². The van der Waals surface area contributed by atoms with Gasteiger partial charge in [-0.3, -0.25) is 9.59 Å². The van der Waals surface area contributed by atoms with E-state index >= 15 is 0 Å². The minimum Gasteiger partial charge on any atom is -0.496 e. The second-order valence-electron chi connectivity index (χ2n) is 6.91. The van der Waals surface area contributed by atoms with Crippen LogP contribution in [0.3, 0.4) is 0 Å². The van der Waals surface area contributed by atoms with Crippen LogP contribution in [0.5, 0.6) is 5.75 Å². The number of ether oxygens (including phenoxy) is 1. The van der Waals surface area contributed by atoms with Gasteiger partial charge < -0.3 is 15.0 Å². The second kappa shape index (κ2) is 9.09. The summed E-state index contributed by atoms with van der Waals surface area (Å²) in [6.45, 7) is 6.02. The molecule has 1 aliphatic heterocycles. The first-order valence-electron chi connectivity index (χ1n) is 8.83. The van der Waals surface area contributed by atoms with E-state index in [0.29, 0.717) is 41.9 Å². The monoisotopic (exact) mass is 366 g/mol. The van der Waals surface area contributed by atoms with Gasteiger partial charge in [0.1, 0.15) is 5.75 Å². The zero-order chi connectivity index (χ0) is 18.4. The highest BCUT2D eigenvalue weighted by Gasteiger charge is 2.30. The fourth-order valence-electron chi connectivity index (χ4n) is 3.02. The summed E-state index contributed by atoms with van der Waals surface area (Å²) in [5.74, 6) is 0.795. The molecule has 5 nitrogen and oxygen atoms in total. The maximum Gasteiger partial charge on any atom is 0.257 e. The van der Waals surface area contributed by atoms with Crippen molar-refractivity contribution in [3.63, 3.8) is 0 Å². The lowest BCUT2D eigenvalue weighted by Gasteiger charge is -2.32. The Hall–Kier alpha value is -1.75. The third-order valence-corrected chi connectivity index (χ3v) is 4.73. The molecule has 0 spiro atoms. The Kier molecular flexibility index (Phi) is 7.12. The maximum atomic E-state index is 12.9. The summed E-state index contributed by atoms with van der Waals surface area (Å²) in [6, 6.07) is 5.00. The van der Waals surface area contributed by atoms with Crippen LogP contribution in [0.2, 0.25) is 5.02 Å². The highest BCUT2D eigenvalue weighted by atomic mass is 35.5. The Bertz CT molecular complexity index is 619. The van der Waals surface area contributed by atoms with Gasteiger partial charge in [-0.15, -0.1) is 0 Å². The lowest BCUT2D eigenvalue weighted by atomic mass is 9.96. The Morgan fingerprint density at radius 2 is 2.16 bits per heavy atom. The normalized spacial score (nSPS) is 17.5. The number of piperidine rings is 1. The summed E-state index contributed by atoms with van der Waals surface area (Å²) in [6.07, 6.45) is 2.58. The van der Waals surface area contributed by atoms with Crippen LogP contribution in [0.1, 0.15) is 43.5 Å². The van der Waals surface area contributed by atoms with Crippen molar-refractivity contribution >= 4 is 23.4 Å². The Morgan fingerprint density at radius 3 is 2.84 bits per heavy atom. The lowest BCUT2D eigenvalue weighted by molar-refractivity contribution is -0.126. The summed E-state index contributed by atoms with van der Waals surface area (Å²) in [5, 5.41) is 3.48. The number of amides is 2. The van der Waals surface area contributed by atoms with Gasteiger partial charge in [0.25, 0.3) is 5.91 Å². The summed E-state index contributed by atoms with van der Waals surface area (Å²) < 4.78 is 5.28. The minimum absolute atomic E-state index is 0.0382. The SMILES string of the molecule is COc1ccc(Cl)cc1C(=O)N1CCCC(C(=O)NCCC(C)C)C1. The maximum absolute atomic E-state index is 12.9. The predicted molar refractivity (Wildman–Crippen MR) is 99.1 cm³/mol. The van der Waals surface area contributed by atoms with E-state index in [1.807, 2.05) is 0 Å². The molecular weight excluding hydrogens is 340 g/mol. The van der Waals surface area contributed by atoms with Crippen LogP contribution in [0.15, 0.2) is 18.2 Å². The molecule has 0 bridgehead atoms. The zero-order valence-corrected chi connectivity index (χ0v) is 15.9. The molecule has 2 rings (SSSR count). The van der Waals surface area contributed by atoms with Crippen LogP contribution in [-0.2, 0) is 4.79 Å². The molecule has 1 N–H and O–H groups in total. The van der Waals surface area contributed by atoms with Crippen molar-refractivity contribution in [2.45, 2.75) is 33.1 Å². The summed E-state index contributed by atoms with van der Waals surface area (Å²) in [4.78, 5) is 27.0. The van der Waals surface area contributed by atoms with E-state index in [9.17, 15) is 9.59 Å². The molecule has 0 aromatic heterocycles. The molecular formula is C19H27ClN2O3. The number of rotatable bonds is 6. The van der Waals surface area contributed by atoms with E-state index in [1.165, 1.54) is 7.11 Å². The van der Waals surface area contributed by atoms with Crippen molar-refractivity contribution in [3.05, 3.63) is 28.8 Å². The topological polar surface area (TPSA) is 58.6 Å². The first-order valence-corrected chi connectivity index (χ1v) is 9.20. The van der Waals surface area contributed by atoms with Crippen molar-refractivity contribution in [1.29, 1.82) is 0 Å². The first-order chi connectivity index (χ1) is 11.9. The van der Waals surface area contributed by atoms with Crippen molar-refractivity contribution in [3.8, 4) is 5.75 Å². The van der Waals surface area contributed by atoms with E-state index in [4.69, 9.17) is 16.3 Å². The van der Waals surface area contributed by atoms with Gasteiger partial charge in [0.15, 0.2) is 0 Å². The van der Waals surface area contributed by atoms with Crippen LogP contribution in [-0.4, -0.2) is 43.5 Å². The molecule has 1 aromatic rings. The molecule has 2 amide bonds. The van der Waals surface area contributed by atoms with Gasteiger partial charge in [-0.25, -0.2) is 0 Å². The molecule has 138 valence electrons. The predicted octanol–water partition coefficient (Wildman–Crippen LogP) is 3.36. The number of carbonyl (C=O) groups is 2. The van der Waals surface area contributed by atoms with E-state index in [-0.39, 0.29) is 17.7 Å². The number of benzene rings is 1. The molecule has 1 aliphatic rings. The molecule has 0 aliphatic carbocycles. The second-order valence-corrected chi connectivity index (χ2v) is 7.34. The van der Waals surface area contributed by atoms with Crippen molar-refractivity contribution < 1.29 is 14.3 Å². The van der Waals surface area contributed by atoms with Crippen molar-refractivity contribution in [1.82, 2.24) is 10.2 Å². The van der Waals surface area contributed by atoms with E-state index in [0.717, 1.165) is 19.3 Å². The molecule has 1 atom stereocenters. The van der Waals surface area contributed by atoms with Crippen LogP contribution in [0, 0.1) is 11.8 Å². The minimum atomic E-state index is -0.157. The standard InChI is InChI=1S/C19H27ClN2O3/c1-13(2)8-9-21-18(23)14-5-4-10-22(12-14)19(24)16-11-15(20)6-7-17(16)25-3/h6-7,11,13-14H,4-5,8-10,12H2,1-3H3,(H,21,23). The van der Waals surface area contributed by atoms with Gasteiger partial charge in [-0.1, -0.05) is 25.4 Å². The number of nitrogens with one attached hydrogen (secondary N) is 1. The largest absolute Gasteiger partial charge is 0.496 e. The van der Waals surface area contributed by atoms with E-state index in [1.54, 1.807) is 23.1 Å². The quantitative estimate of drug-likeness (QED) is 0.839. The number of methoxy groups -OCH3 is 1. The van der Waals surface area contributed by atoms with Gasteiger partial charge in [-0.2, -0.15) is 0 Å². The Labute approximate surface area is 154 Å². The van der Waals surface area contributed by atoms with Gasteiger partial charge >= 0.3 is 0 Å². The van der Waals surface area contributed by atoms with Crippen molar-refractivity contribution in [2.75, 3.05) is 26.7 Å². The molecule has 1 saturated heterocycles. The highest BCUT2D eigenvalue weighted by Crippen LogP contribution is 2.26. The molecule has 25 heavy (non-hydrogen) atoms. The fraction of sp³-hybridized carbons (Fsp3) is 0.579. The molecule has 0 radical (unpaired) electrons. The summed E-state index contributed by atoms with van der Waals surface area (Å²) >= 11 is 6.03. The molecule has 0 saturated carbocycles. The van der Waals surface area contributed by atoms with Gasteiger partial charge in [0.2, 0.25) is 5.91 Å². The van der Waals surface area contributed by atoms with Crippen LogP contribution < -0.4 is 10.1 Å². The van der Waals surface area contributed by atoms with Crippen molar-refractivity contribution in [2.24, 2.45) is 11.8 Å². The number of carbonyl (C=O) groups excluding carboxylic acids is 2. The van der Waals surface area contributed by atoms with Gasteiger partial charge in [0, 0.05) is 24.7 Å². The number of hydrogen-bond donors (Lipinski definition) is 1. The van der Waals surface area contributed by atoms with Gasteiger partial charge in [-0.05, 0) is 43.4 Å². The van der Waals surface area contributed by atoms with E-state index in [2.05, 4.69) is 19.2 Å². The molecule has 1 unspecified atom stereocenters. The molecule has 1 heterocycles. The lowest BCUT2D eigenvalue weighted by Crippen LogP contribution is -2.45. The molecule has 1 aromatic carbocycles. The average molecular weight is 367 g/mol. The Balaban J connectivity index is 2.02. The van der Waals surface area contributed by atoms with Gasteiger partial charge in [0.05, 0.1) is 18.6 Å². The third-order valence-electron chi connectivity index (χ3n) is 4.49. The number of hydrogen-bond acceptors (Lipinski definition) is 3. The average Bonchev–Trinajstić information content (AvgIpc) is 2.60. The number of likely N-dealkylation sites (tertiary alicyclic amines) is 1. The first kappa shape index (κ1) is 19.6. The zero-order valence-electron chi connectivity index (χ0n) is 15.2. The third kappa shape index (κ3) is 5.36. The molecule has 6 heteroatoms. The number of halogens is 1. The summed E-state index contributed by atoms with van der Waals surface area (Å²) in [7, 11) is 1.53. The number of nitrogens with zero attached hydrogens (tertiary/aromatic N) is 1. The van der Waals surface area contributed by atoms with E-state index < -0.39 is 0 Å². The summed E-state index contributed by atoms with van der Waals surface area (Å²) in [5.41, 5.74) is 0.441. The fourth-order valence-corrected chi connectivity index (χ4v) is 3.19. The van der Waals surface area contributed by atoms with Crippen LogP contribution in [0.25, 0.3) is 0 Å². The smallest absolute Gasteiger partial charge is 0.257 e. The Morgan fingerprint density at radius 1 is 1.40 bits per heavy atom. The highest BCUT2D eigenvalue weighted by molar-refractivity contribution is 6.31. The molecule has 1 fully saturated rings.